The van der Waals surface area contributed by atoms with Crippen LogP contribution in [0.1, 0.15) is 65.2 Å². The molecule has 1 N–H and O–H groups in total. The van der Waals surface area contributed by atoms with Crippen molar-refractivity contribution in [1.82, 2.24) is 0 Å². The summed E-state index contributed by atoms with van der Waals surface area (Å²) in [4.78, 5) is 0. The zero-order valence-corrected chi connectivity index (χ0v) is 14.5. The minimum atomic E-state index is -0.0623. The van der Waals surface area contributed by atoms with Crippen molar-refractivity contribution in [2.75, 3.05) is 0 Å². The summed E-state index contributed by atoms with van der Waals surface area (Å²) in [5.41, 5.74) is 3.53. The molecule has 0 aliphatic rings. The zero-order chi connectivity index (χ0) is 16.0. The van der Waals surface area contributed by atoms with Crippen LogP contribution in [-0.2, 0) is 17.3 Å². The Kier molecular flexibility index (Phi) is 3.82. The van der Waals surface area contributed by atoms with Gasteiger partial charge in [0.25, 0.3) is 0 Å². The molecule has 1 nitrogen and oxygen atoms in total. The summed E-state index contributed by atoms with van der Waals surface area (Å²) in [7, 11) is 0. The summed E-state index contributed by atoms with van der Waals surface area (Å²) in [6.45, 7) is 15.3. The number of hydrogen-bond donors (Lipinski definition) is 1. The van der Waals surface area contributed by atoms with Gasteiger partial charge in [-0.05, 0) is 33.8 Å². The van der Waals surface area contributed by atoms with Gasteiger partial charge in [0.2, 0.25) is 0 Å². The number of phenols is 1. The first kappa shape index (κ1) is 15.9. The molecule has 21 heavy (non-hydrogen) atoms. The van der Waals surface area contributed by atoms with E-state index in [2.05, 4.69) is 72.7 Å². The van der Waals surface area contributed by atoms with E-state index in [1.165, 1.54) is 16.5 Å². The highest BCUT2D eigenvalue weighted by molar-refractivity contribution is 5.95. The minimum Gasteiger partial charge on any atom is -0.507 e. The predicted octanol–water partition coefficient (Wildman–Crippen LogP) is 5.70. The second kappa shape index (κ2) is 5.05. The Hall–Kier alpha value is -1.50. The van der Waals surface area contributed by atoms with Crippen molar-refractivity contribution in [2.24, 2.45) is 0 Å². The molecule has 0 aromatic heterocycles. The molecule has 114 valence electrons. The second-order valence-electron chi connectivity index (χ2n) is 8.01. The van der Waals surface area contributed by atoms with Crippen molar-refractivity contribution in [3.63, 3.8) is 0 Å². The van der Waals surface area contributed by atoms with Gasteiger partial charge in [-0.15, -0.1) is 0 Å². The smallest absolute Gasteiger partial charge is 0.127 e. The molecule has 2 aromatic rings. The van der Waals surface area contributed by atoms with Crippen LogP contribution >= 0.6 is 0 Å². The number of rotatable bonds is 1. The molecule has 0 bridgehead atoms. The SMILES string of the molecule is CCc1cc(C(C)(C)C)c(O)c2c(C(C)(C)C)cccc12. The number of fused-ring (bicyclic) bond motifs is 1. The normalized spacial score (nSPS) is 12.9. The van der Waals surface area contributed by atoms with Gasteiger partial charge >= 0.3 is 0 Å². The largest absolute Gasteiger partial charge is 0.507 e. The maximum Gasteiger partial charge on any atom is 0.127 e. The van der Waals surface area contributed by atoms with Crippen LogP contribution in [0.2, 0.25) is 0 Å². The number of hydrogen-bond acceptors (Lipinski definition) is 1. The van der Waals surface area contributed by atoms with Gasteiger partial charge < -0.3 is 5.11 Å². The van der Waals surface area contributed by atoms with E-state index in [1.807, 2.05) is 0 Å². The molecule has 0 spiro atoms. The van der Waals surface area contributed by atoms with E-state index in [4.69, 9.17) is 0 Å². The molecule has 0 unspecified atom stereocenters. The van der Waals surface area contributed by atoms with Crippen LogP contribution in [0, 0.1) is 0 Å². The van der Waals surface area contributed by atoms with Gasteiger partial charge in [-0.1, -0.05) is 72.7 Å². The first-order valence-corrected chi connectivity index (χ1v) is 7.86. The number of benzene rings is 2. The standard InChI is InChI=1S/C20H28O/c1-8-13-12-16(20(5,6)7)18(21)17-14(13)10-9-11-15(17)19(2,3)4/h9-12,21H,8H2,1-7H3. The highest BCUT2D eigenvalue weighted by Gasteiger charge is 2.25. The number of aromatic hydroxyl groups is 1. The topological polar surface area (TPSA) is 20.2 Å². The lowest BCUT2D eigenvalue weighted by atomic mass is 9.78. The Morgan fingerprint density at radius 2 is 1.48 bits per heavy atom. The summed E-state index contributed by atoms with van der Waals surface area (Å²) in [6.07, 6.45) is 0.980. The quantitative estimate of drug-likeness (QED) is 0.712. The van der Waals surface area contributed by atoms with Crippen LogP contribution in [0.25, 0.3) is 10.8 Å². The predicted molar refractivity (Wildman–Crippen MR) is 92.4 cm³/mol. The van der Waals surface area contributed by atoms with Crippen molar-refractivity contribution < 1.29 is 5.11 Å². The summed E-state index contributed by atoms with van der Waals surface area (Å²) in [6, 6.07) is 8.58. The Morgan fingerprint density at radius 1 is 0.905 bits per heavy atom. The molecule has 0 aliphatic heterocycles. The van der Waals surface area contributed by atoms with Gasteiger partial charge in [0, 0.05) is 10.9 Å². The van der Waals surface area contributed by atoms with E-state index in [-0.39, 0.29) is 10.8 Å². The molecular formula is C20H28O. The number of aryl methyl sites for hydroxylation is 1. The van der Waals surface area contributed by atoms with E-state index >= 15 is 0 Å². The van der Waals surface area contributed by atoms with Crippen molar-refractivity contribution >= 4 is 10.8 Å². The molecule has 0 saturated carbocycles. The summed E-state index contributed by atoms with van der Waals surface area (Å²) in [5, 5.41) is 13.2. The fraction of sp³-hybridized carbons (Fsp3) is 0.500. The van der Waals surface area contributed by atoms with Crippen molar-refractivity contribution in [3.8, 4) is 5.75 Å². The maximum absolute atomic E-state index is 10.9. The lowest BCUT2D eigenvalue weighted by molar-refractivity contribution is 0.451. The van der Waals surface area contributed by atoms with Gasteiger partial charge in [0.1, 0.15) is 5.75 Å². The van der Waals surface area contributed by atoms with Crippen molar-refractivity contribution in [1.29, 1.82) is 0 Å². The molecule has 1 heteroatoms. The van der Waals surface area contributed by atoms with E-state index in [0.29, 0.717) is 5.75 Å². The molecule has 0 fully saturated rings. The van der Waals surface area contributed by atoms with Gasteiger partial charge in [-0.3, -0.25) is 0 Å². The van der Waals surface area contributed by atoms with E-state index in [9.17, 15) is 5.11 Å². The average Bonchev–Trinajstić information content (AvgIpc) is 2.36. The van der Waals surface area contributed by atoms with Crippen LogP contribution in [0.15, 0.2) is 24.3 Å². The second-order valence-corrected chi connectivity index (χ2v) is 8.01. The maximum atomic E-state index is 10.9. The average molecular weight is 284 g/mol. The molecule has 0 saturated heterocycles. The first-order chi connectivity index (χ1) is 9.57. The molecule has 0 atom stereocenters. The van der Waals surface area contributed by atoms with Crippen LogP contribution in [0.3, 0.4) is 0 Å². The lowest BCUT2D eigenvalue weighted by Crippen LogP contribution is -2.15. The molecule has 0 heterocycles. The van der Waals surface area contributed by atoms with E-state index in [0.717, 1.165) is 17.4 Å². The number of phenolic OH excluding ortho intramolecular Hbond substituents is 1. The molecular weight excluding hydrogens is 256 g/mol. The van der Waals surface area contributed by atoms with Crippen LogP contribution in [0.4, 0.5) is 0 Å². The Bertz CT molecular complexity index is 667. The molecule has 0 radical (unpaired) electrons. The summed E-state index contributed by atoms with van der Waals surface area (Å²) >= 11 is 0. The minimum absolute atomic E-state index is 0.0124. The Labute approximate surface area is 129 Å². The third kappa shape index (κ3) is 2.79. The highest BCUT2D eigenvalue weighted by Crippen LogP contribution is 2.42. The van der Waals surface area contributed by atoms with Crippen molar-refractivity contribution in [2.45, 2.75) is 65.7 Å². The Balaban J connectivity index is 2.99. The third-order valence-electron chi connectivity index (χ3n) is 4.22. The molecule has 2 aromatic carbocycles. The van der Waals surface area contributed by atoms with Crippen LogP contribution in [-0.4, -0.2) is 5.11 Å². The van der Waals surface area contributed by atoms with Gasteiger partial charge in [0.15, 0.2) is 0 Å². The first-order valence-electron chi connectivity index (χ1n) is 7.86. The van der Waals surface area contributed by atoms with Crippen LogP contribution in [0.5, 0.6) is 5.75 Å². The molecule has 2 rings (SSSR count). The summed E-state index contributed by atoms with van der Waals surface area (Å²) < 4.78 is 0. The van der Waals surface area contributed by atoms with Gasteiger partial charge in [0.05, 0.1) is 0 Å². The fourth-order valence-corrected chi connectivity index (χ4v) is 3.02. The van der Waals surface area contributed by atoms with E-state index < -0.39 is 0 Å². The molecule has 0 amide bonds. The monoisotopic (exact) mass is 284 g/mol. The summed E-state index contributed by atoms with van der Waals surface area (Å²) in [5.74, 6) is 0.459. The zero-order valence-electron chi connectivity index (χ0n) is 14.5. The molecule has 0 aliphatic carbocycles. The third-order valence-corrected chi connectivity index (χ3v) is 4.22. The Morgan fingerprint density at radius 3 is 1.95 bits per heavy atom. The van der Waals surface area contributed by atoms with Crippen molar-refractivity contribution in [3.05, 3.63) is 41.0 Å². The van der Waals surface area contributed by atoms with Gasteiger partial charge in [-0.25, -0.2) is 0 Å². The van der Waals surface area contributed by atoms with Gasteiger partial charge in [-0.2, -0.15) is 0 Å². The van der Waals surface area contributed by atoms with Crippen LogP contribution < -0.4 is 0 Å². The highest BCUT2D eigenvalue weighted by atomic mass is 16.3. The fourth-order valence-electron chi connectivity index (χ4n) is 3.02. The lowest BCUT2D eigenvalue weighted by Gasteiger charge is -2.27. The van der Waals surface area contributed by atoms with E-state index in [1.54, 1.807) is 0 Å².